The number of aromatic amines is 1. The quantitative estimate of drug-likeness (QED) is 0.367. The maximum absolute atomic E-state index is 13.6. The van der Waals surface area contributed by atoms with Gasteiger partial charge < -0.3 is 9.67 Å². The maximum Gasteiger partial charge on any atom is 0.411 e. The maximum atomic E-state index is 13.6. The Hall–Kier alpha value is -4.09. The number of aryl methyl sites for hydroxylation is 1. The largest absolute Gasteiger partial charge is 0.411 e. The van der Waals surface area contributed by atoms with Crippen LogP contribution in [-0.4, -0.2) is 33.8 Å². The molecule has 0 amide bonds. The minimum Gasteiger partial charge on any atom is -0.390 e. The molecule has 4 N–H and O–H groups in total. The van der Waals surface area contributed by atoms with Gasteiger partial charge in [-0.1, -0.05) is 11.6 Å². The number of anilines is 1. The van der Waals surface area contributed by atoms with E-state index in [2.05, 4.69) is 20.1 Å². The average molecular weight is 482 g/mol. The van der Waals surface area contributed by atoms with Gasteiger partial charge in [-0.3, -0.25) is 5.73 Å². The molecule has 0 saturated heterocycles. The summed E-state index contributed by atoms with van der Waals surface area (Å²) in [5.41, 5.74) is 8.49. The summed E-state index contributed by atoms with van der Waals surface area (Å²) in [5.74, 6) is 0.268. The van der Waals surface area contributed by atoms with Gasteiger partial charge in [0.2, 0.25) is 5.65 Å². The Morgan fingerprint density at radius 3 is 2.65 bits per heavy atom. The smallest absolute Gasteiger partial charge is 0.390 e. The molecule has 5 rings (SSSR count). The molecule has 4 heterocycles. The van der Waals surface area contributed by atoms with E-state index in [1.54, 1.807) is 41.2 Å². The number of aliphatic hydroxyl groups excluding tert-OH is 1. The molecule has 12 heteroatoms. The van der Waals surface area contributed by atoms with Gasteiger partial charge in [-0.15, -0.1) is 9.50 Å². The number of nitrogens with two attached hydrogens (primary N) is 1. The van der Waals surface area contributed by atoms with E-state index in [-0.39, 0.29) is 29.9 Å². The zero-order valence-electron chi connectivity index (χ0n) is 17.9. The number of hydrogen-bond acceptors (Lipinski definition) is 6. The first-order valence-corrected chi connectivity index (χ1v) is 10.6. The third kappa shape index (κ3) is 3.70. The van der Waals surface area contributed by atoms with Crippen molar-refractivity contribution in [1.29, 1.82) is 0 Å². The Bertz CT molecular complexity index is 1590. The minimum absolute atomic E-state index is 0.0386. The Balaban J connectivity index is 1.84. The van der Waals surface area contributed by atoms with E-state index in [9.17, 15) is 14.3 Å². The third-order valence-electron chi connectivity index (χ3n) is 5.45. The van der Waals surface area contributed by atoms with E-state index in [4.69, 9.17) is 17.3 Å². The van der Waals surface area contributed by atoms with Crippen LogP contribution in [0.3, 0.4) is 0 Å². The van der Waals surface area contributed by atoms with Gasteiger partial charge >= 0.3 is 11.6 Å². The second-order valence-electron chi connectivity index (χ2n) is 7.65. The van der Waals surface area contributed by atoms with Crippen molar-refractivity contribution >= 4 is 23.2 Å². The monoisotopic (exact) mass is 481 g/mol. The summed E-state index contributed by atoms with van der Waals surface area (Å²) in [5, 5.41) is 14.4. The first kappa shape index (κ1) is 21.7. The van der Waals surface area contributed by atoms with Gasteiger partial charge in [0, 0.05) is 25.0 Å². The Labute approximate surface area is 196 Å². The standard InChI is InChI=1S/C22H18ClFN8O2/c1-30-7-6-26-17(30)10-31-22(34)32-20(29-31)18(13-8-15(11-33)27-16(23)9-13)19(28-21(32)25)12-2-4-14(24)5-3-12/h2-9,33H,10-11H2,1H3,(H2,25,28)/p+1. The summed E-state index contributed by atoms with van der Waals surface area (Å²) in [6.45, 7) is -0.220. The van der Waals surface area contributed by atoms with Crippen molar-refractivity contribution in [2.24, 2.45) is 7.05 Å². The number of nitrogens with one attached hydrogen (secondary N) is 1. The van der Waals surface area contributed by atoms with Crippen LogP contribution in [0.2, 0.25) is 5.15 Å². The molecule has 0 atom stereocenters. The summed E-state index contributed by atoms with van der Waals surface area (Å²) in [7, 11) is 1.82. The predicted octanol–water partition coefficient (Wildman–Crippen LogP) is 1.69. The van der Waals surface area contributed by atoms with Crippen LogP contribution in [-0.2, 0) is 20.2 Å². The van der Waals surface area contributed by atoms with Crippen LogP contribution in [0.25, 0.3) is 28.0 Å². The highest BCUT2D eigenvalue weighted by Gasteiger charge is 2.26. The van der Waals surface area contributed by atoms with Gasteiger partial charge in [-0.25, -0.2) is 24.1 Å². The lowest BCUT2D eigenvalue weighted by atomic mass is 10.00. The van der Waals surface area contributed by atoms with E-state index in [0.29, 0.717) is 33.9 Å². The van der Waals surface area contributed by atoms with Crippen LogP contribution < -0.4 is 16.4 Å². The SMILES string of the molecule is Cn1ccnc1Cn1nc2c(-c3cc(Cl)nc(CO)c3)c(-c3ccc(F)cc3)[nH+]c(N)n2c1=O. The summed E-state index contributed by atoms with van der Waals surface area (Å²) in [6.07, 6.45) is 3.40. The molecule has 0 radical (unpaired) electrons. The van der Waals surface area contributed by atoms with E-state index >= 15 is 0 Å². The Kier molecular flexibility index (Phi) is 5.34. The van der Waals surface area contributed by atoms with E-state index in [1.165, 1.54) is 21.2 Å². The highest BCUT2D eigenvalue weighted by atomic mass is 35.5. The van der Waals surface area contributed by atoms with Crippen molar-refractivity contribution in [3.05, 3.63) is 81.8 Å². The molecule has 0 saturated carbocycles. The van der Waals surface area contributed by atoms with Gasteiger partial charge in [0.05, 0.1) is 17.9 Å². The second kappa shape index (κ2) is 8.36. The van der Waals surface area contributed by atoms with Gasteiger partial charge in [0.15, 0.2) is 0 Å². The van der Waals surface area contributed by atoms with Gasteiger partial charge in [-0.05, 0) is 42.0 Å². The highest BCUT2D eigenvalue weighted by Crippen LogP contribution is 2.33. The van der Waals surface area contributed by atoms with Gasteiger partial charge in [0.25, 0.3) is 0 Å². The summed E-state index contributed by atoms with van der Waals surface area (Å²) in [6, 6.07) is 9.03. The fourth-order valence-corrected chi connectivity index (χ4v) is 4.04. The number of pyridine rings is 1. The number of nitrogens with zero attached hydrogens (tertiary/aromatic N) is 6. The number of fused-ring (bicyclic) bond motifs is 1. The number of rotatable bonds is 5. The molecule has 0 spiro atoms. The van der Waals surface area contributed by atoms with Crippen LogP contribution in [0.15, 0.2) is 53.6 Å². The number of aliphatic hydroxyl groups is 1. The van der Waals surface area contributed by atoms with Crippen molar-refractivity contribution in [2.45, 2.75) is 13.2 Å². The molecule has 0 aliphatic heterocycles. The van der Waals surface area contributed by atoms with Crippen molar-refractivity contribution < 1.29 is 14.5 Å². The second-order valence-corrected chi connectivity index (χ2v) is 8.04. The van der Waals surface area contributed by atoms with Crippen molar-refractivity contribution in [1.82, 2.24) is 28.7 Å². The number of aromatic nitrogens is 7. The molecular formula is C22H19ClFN8O2+. The number of benzene rings is 1. The highest BCUT2D eigenvalue weighted by molar-refractivity contribution is 6.29. The molecular weight excluding hydrogens is 463 g/mol. The fourth-order valence-electron chi connectivity index (χ4n) is 3.81. The number of H-pyrrole nitrogens is 1. The number of hydrogen-bond donors (Lipinski definition) is 2. The average Bonchev–Trinajstić information content (AvgIpc) is 3.36. The van der Waals surface area contributed by atoms with Crippen LogP contribution in [0.1, 0.15) is 11.5 Å². The molecule has 0 unspecified atom stereocenters. The zero-order chi connectivity index (χ0) is 24.0. The Morgan fingerprint density at radius 1 is 1.21 bits per heavy atom. The van der Waals surface area contributed by atoms with Crippen LogP contribution in [0.5, 0.6) is 0 Å². The zero-order valence-corrected chi connectivity index (χ0v) is 18.7. The first-order chi connectivity index (χ1) is 16.4. The van der Waals surface area contributed by atoms with Crippen molar-refractivity contribution in [2.75, 3.05) is 5.73 Å². The lowest BCUT2D eigenvalue weighted by Gasteiger charge is -2.10. The van der Waals surface area contributed by atoms with E-state index < -0.39 is 11.5 Å². The molecule has 34 heavy (non-hydrogen) atoms. The van der Waals surface area contributed by atoms with E-state index in [1.807, 2.05) is 7.05 Å². The van der Waals surface area contributed by atoms with Crippen LogP contribution in [0.4, 0.5) is 10.3 Å². The minimum atomic E-state index is -0.471. The number of nitrogen functional groups attached to an aromatic ring is 1. The molecule has 5 aromatic rings. The normalized spacial score (nSPS) is 11.4. The molecule has 0 bridgehead atoms. The molecule has 4 aromatic heterocycles. The predicted molar refractivity (Wildman–Crippen MR) is 122 cm³/mol. The van der Waals surface area contributed by atoms with Gasteiger partial charge in [0.1, 0.15) is 29.0 Å². The van der Waals surface area contributed by atoms with Crippen LogP contribution >= 0.6 is 11.6 Å². The topological polar surface area (TPSA) is 130 Å². The Morgan fingerprint density at radius 2 is 1.97 bits per heavy atom. The van der Waals surface area contributed by atoms with Gasteiger partial charge in [-0.2, -0.15) is 4.68 Å². The lowest BCUT2D eigenvalue weighted by Crippen LogP contribution is -2.28. The summed E-state index contributed by atoms with van der Waals surface area (Å²) >= 11 is 6.22. The molecule has 172 valence electrons. The molecule has 0 aliphatic rings. The van der Waals surface area contributed by atoms with E-state index in [0.717, 1.165) is 0 Å². The van der Waals surface area contributed by atoms with Crippen molar-refractivity contribution in [3.63, 3.8) is 0 Å². The summed E-state index contributed by atoms with van der Waals surface area (Å²) in [4.78, 5) is 24.7. The lowest BCUT2D eigenvalue weighted by molar-refractivity contribution is -0.351. The number of halogens is 2. The molecule has 10 nitrogen and oxygen atoms in total. The van der Waals surface area contributed by atoms with Crippen molar-refractivity contribution in [3.8, 4) is 22.4 Å². The first-order valence-electron chi connectivity index (χ1n) is 10.2. The molecule has 0 aliphatic carbocycles. The molecule has 1 aromatic carbocycles. The fraction of sp³-hybridized carbons (Fsp3) is 0.136. The molecule has 0 fully saturated rings. The van der Waals surface area contributed by atoms with Crippen LogP contribution in [0, 0.1) is 5.82 Å². The third-order valence-corrected chi connectivity index (χ3v) is 5.64. The summed E-state index contributed by atoms with van der Waals surface area (Å²) < 4.78 is 17.9. The number of imidazole rings is 1.